The highest BCUT2D eigenvalue weighted by atomic mass is 79.9. The molecule has 1 aliphatic rings. The first-order valence-corrected chi connectivity index (χ1v) is 10.2. The number of aromatic nitrogens is 3. The molecule has 29 heavy (non-hydrogen) atoms. The highest BCUT2D eigenvalue weighted by Crippen LogP contribution is 2.22. The number of oxazole rings is 1. The summed E-state index contributed by atoms with van der Waals surface area (Å²) < 4.78 is 5.84. The number of hydrogen-bond donors (Lipinski definition) is 2. The number of nitrogens with zero attached hydrogens (tertiary/aromatic N) is 3. The molecule has 1 fully saturated rings. The number of amides is 2. The van der Waals surface area contributed by atoms with Crippen molar-refractivity contribution in [3.63, 3.8) is 0 Å². The van der Waals surface area contributed by atoms with Crippen LogP contribution in [0.2, 0.25) is 0 Å². The zero-order valence-corrected chi connectivity index (χ0v) is 17.4. The fraction of sp³-hybridized carbons (Fsp3) is 0.350. The molecule has 2 N–H and O–H groups in total. The Bertz CT molecular complexity index is 1070. The predicted molar refractivity (Wildman–Crippen MR) is 109 cm³/mol. The molecule has 1 aliphatic carbocycles. The van der Waals surface area contributed by atoms with E-state index in [9.17, 15) is 9.59 Å². The number of rotatable bonds is 4. The minimum absolute atomic E-state index is 0.173. The molecule has 2 amide bonds. The summed E-state index contributed by atoms with van der Waals surface area (Å²) in [5, 5.41) is 6.87. The molecule has 0 aliphatic heterocycles. The van der Waals surface area contributed by atoms with E-state index in [0.29, 0.717) is 17.1 Å². The van der Waals surface area contributed by atoms with Gasteiger partial charge in [-0.1, -0.05) is 12.8 Å². The lowest BCUT2D eigenvalue weighted by atomic mass is 9.90. The molecular formula is C20H20BrN5O3. The lowest BCUT2D eigenvalue weighted by molar-refractivity contribution is 0.0858. The largest absolute Gasteiger partial charge is 0.448 e. The summed E-state index contributed by atoms with van der Waals surface area (Å²) in [6, 6.07) is 3.16. The van der Waals surface area contributed by atoms with Crippen LogP contribution >= 0.6 is 15.9 Å². The van der Waals surface area contributed by atoms with Crippen LogP contribution in [-0.4, -0.2) is 38.8 Å². The molecule has 3 heterocycles. The lowest BCUT2D eigenvalue weighted by Crippen LogP contribution is -2.53. The predicted octanol–water partition coefficient (Wildman–Crippen LogP) is 3.16. The molecule has 150 valence electrons. The molecule has 8 nitrogen and oxygen atoms in total. The molecule has 0 spiro atoms. The summed E-state index contributed by atoms with van der Waals surface area (Å²) >= 11 is 3.42. The second-order valence-electron chi connectivity index (χ2n) is 7.09. The van der Waals surface area contributed by atoms with Crippen molar-refractivity contribution in [2.45, 2.75) is 44.7 Å². The molecule has 2 atom stereocenters. The number of carbonyl (C=O) groups excluding carboxylic acids is 2. The molecule has 0 aromatic carbocycles. The third-order valence-corrected chi connectivity index (χ3v) is 5.62. The van der Waals surface area contributed by atoms with Gasteiger partial charge in [-0.3, -0.25) is 14.6 Å². The van der Waals surface area contributed by atoms with Gasteiger partial charge in [-0.15, -0.1) is 0 Å². The number of fused-ring (bicyclic) bond motifs is 1. The summed E-state index contributed by atoms with van der Waals surface area (Å²) in [6.45, 7) is 1.69. The molecule has 0 unspecified atom stereocenters. The third-order valence-electron chi connectivity index (χ3n) is 5.04. The zero-order chi connectivity index (χ0) is 20.4. The van der Waals surface area contributed by atoms with Gasteiger partial charge in [0.15, 0.2) is 11.6 Å². The normalized spacial score (nSPS) is 19.1. The topological polar surface area (TPSA) is 110 Å². The Balaban J connectivity index is 1.48. The van der Waals surface area contributed by atoms with Crippen molar-refractivity contribution < 1.29 is 14.0 Å². The van der Waals surface area contributed by atoms with Crippen LogP contribution in [0.15, 0.2) is 39.7 Å². The SMILES string of the molecule is Cc1nc(C(=O)N[C@@H]2CCCC[C@H]2NC(=O)c2ccc3cncc(Br)c3n2)co1. The highest BCUT2D eigenvalue weighted by Gasteiger charge is 2.29. The van der Waals surface area contributed by atoms with E-state index in [2.05, 4.69) is 41.5 Å². The number of nitrogens with one attached hydrogen (secondary N) is 2. The second-order valence-corrected chi connectivity index (χ2v) is 7.94. The van der Waals surface area contributed by atoms with Gasteiger partial charge < -0.3 is 15.1 Å². The molecule has 0 saturated heterocycles. The van der Waals surface area contributed by atoms with E-state index < -0.39 is 0 Å². The standard InChI is InChI=1S/C20H20BrN5O3/c1-11-23-17(10-29-11)20(28)26-15-5-3-2-4-14(15)25-19(27)16-7-6-12-8-22-9-13(21)18(12)24-16/h6-10,14-15H,2-5H2,1H3,(H,25,27)(H,26,28)/t14-,15-/m1/s1. The van der Waals surface area contributed by atoms with Crippen LogP contribution < -0.4 is 10.6 Å². The number of halogens is 1. The van der Waals surface area contributed by atoms with Gasteiger partial charge in [0.25, 0.3) is 11.8 Å². The van der Waals surface area contributed by atoms with Gasteiger partial charge in [0, 0.05) is 36.8 Å². The minimum Gasteiger partial charge on any atom is -0.448 e. The maximum atomic E-state index is 12.8. The van der Waals surface area contributed by atoms with Gasteiger partial charge in [0.1, 0.15) is 12.0 Å². The monoisotopic (exact) mass is 457 g/mol. The number of pyridine rings is 2. The third kappa shape index (κ3) is 4.29. The Labute approximate surface area is 175 Å². The molecule has 3 aromatic rings. The summed E-state index contributed by atoms with van der Waals surface area (Å²) in [6.07, 6.45) is 8.24. The number of hydrogen-bond acceptors (Lipinski definition) is 6. The van der Waals surface area contributed by atoms with Crippen LogP contribution in [0.3, 0.4) is 0 Å². The Morgan fingerprint density at radius 2 is 1.72 bits per heavy atom. The van der Waals surface area contributed by atoms with E-state index in [1.165, 1.54) is 6.26 Å². The first kappa shape index (κ1) is 19.5. The van der Waals surface area contributed by atoms with E-state index in [1.807, 2.05) is 6.07 Å². The average molecular weight is 458 g/mol. The van der Waals surface area contributed by atoms with Crippen LogP contribution in [0.4, 0.5) is 0 Å². The van der Waals surface area contributed by atoms with E-state index in [1.54, 1.807) is 25.4 Å². The summed E-state index contributed by atoms with van der Waals surface area (Å²) in [5.41, 5.74) is 1.25. The summed E-state index contributed by atoms with van der Waals surface area (Å²) in [5.74, 6) is -0.125. The molecule has 0 bridgehead atoms. The van der Waals surface area contributed by atoms with Crippen LogP contribution in [-0.2, 0) is 0 Å². The van der Waals surface area contributed by atoms with Gasteiger partial charge >= 0.3 is 0 Å². The maximum absolute atomic E-state index is 12.8. The van der Waals surface area contributed by atoms with Crippen LogP contribution in [0.1, 0.15) is 52.6 Å². The van der Waals surface area contributed by atoms with Crippen LogP contribution in [0.5, 0.6) is 0 Å². The Kier molecular flexibility index (Phi) is 5.57. The number of aryl methyl sites for hydroxylation is 1. The smallest absolute Gasteiger partial charge is 0.273 e. The lowest BCUT2D eigenvalue weighted by Gasteiger charge is -2.32. The zero-order valence-electron chi connectivity index (χ0n) is 15.8. The van der Waals surface area contributed by atoms with Crippen molar-refractivity contribution in [1.29, 1.82) is 0 Å². The highest BCUT2D eigenvalue weighted by molar-refractivity contribution is 9.10. The molecule has 1 saturated carbocycles. The number of carbonyl (C=O) groups is 2. The van der Waals surface area contributed by atoms with Crippen molar-refractivity contribution in [2.75, 3.05) is 0 Å². The van der Waals surface area contributed by atoms with Crippen molar-refractivity contribution in [3.8, 4) is 0 Å². The first-order valence-electron chi connectivity index (χ1n) is 9.45. The van der Waals surface area contributed by atoms with Crippen molar-refractivity contribution >= 4 is 38.6 Å². The van der Waals surface area contributed by atoms with E-state index >= 15 is 0 Å². The summed E-state index contributed by atoms with van der Waals surface area (Å²) in [7, 11) is 0. The molecule has 9 heteroatoms. The Morgan fingerprint density at radius 3 is 2.38 bits per heavy atom. The average Bonchev–Trinajstić information content (AvgIpc) is 3.16. The molecule has 0 radical (unpaired) electrons. The molecular weight excluding hydrogens is 438 g/mol. The van der Waals surface area contributed by atoms with Gasteiger partial charge in [0.2, 0.25) is 0 Å². The van der Waals surface area contributed by atoms with E-state index in [0.717, 1.165) is 35.5 Å². The Hall–Kier alpha value is -2.81. The summed E-state index contributed by atoms with van der Waals surface area (Å²) in [4.78, 5) is 37.9. The van der Waals surface area contributed by atoms with E-state index in [-0.39, 0.29) is 29.6 Å². The van der Waals surface area contributed by atoms with Gasteiger partial charge in [-0.05, 0) is 40.9 Å². The fourth-order valence-corrected chi connectivity index (χ4v) is 4.00. The van der Waals surface area contributed by atoms with Crippen LogP contribution in [0.25, 0.3) is 10.9 Å². The van der Waals surface area contributed by atoms with Crippen molar-refractivity contribution in [3.05, 3.63) is 52.5 Å². The van der Waals surface area contributed by atoms with Gasteiger partial charge in [-0.2, -0.15) is 0 Å². The Morgan fingerprint density at radius 1 is 1.03 bits per heavy atom. The van der Waals surface area contributed by atoms with Crippen LogP contribution in [0, 0.1) is 6.92 Å². The fourth-order valence-electron chi connectivity index (χ4n) is 3.56. The van der Waals surface area contributed by atoms with Crippen molar-refractivity contribution in [2.24, 2.45) is 0 Å². The first-order chi connectivity index (χ1) is 14.0. The molecule has 4 rings (SSSR count). The van der Waals surface area contributed by atoms with Crippen molar-refractivity contribution in [1.82, 2.24) is 25.6 Å². The quantitative estimate of drug-likeness (QED) is 0.622. The minimum atomic E-state index is -0.298. The van der Waals surface area contributed by atoms with E-state index in [4.69, 9.17) is 4.42 Å². The van der Waals surface area contributed by atoms with Gasteiger partial charge in [0.05, 0.1) is 9.99 Å². The second kappa shape index (κ2) is 8.28. The maximum Gasteiger partial charge on any atom is 0.273 e. The molecule has 3 aromatic heterocycles. The van der Waals surface area contributed by atoms with Gasteiger partial charge in [-0.25, -0.2) is 9.97 Å².